The number of pyridine rings is 1. The zero-order chi connectivity index (χ0) is 12.5. The van der Waals surface area contributed by atoms with Crippen molar-refractivity contribution < 1.29 is 0 Å². The normalized spacial score (nSPS) is 18.6. The van der Waals surface area contributed by atoms with Crippen LogP contribution in [0.1, 0.15) is 31.4 Å². The maximum absolute atomic E-state index is 4.75. The Balaban J connectivity index is 1.82. The van der Waals surface area contributed by atoms with Crippen LogP contribution in [0, 0.1) is 0 Å². The predicted octanol–water partition coefficient (Wildman–Crippen LogP) is 3.30. The zero-order valence-corrected chi connectivity index (χ0v) is 12.2. The van der Waals surface area contributed by atoms with Gasteiger partial charge in [0.2, 0.25) is 0 Å². The number of piperidine rings is 1. The fourth-order valence-electron chi connectivity index (χ4n) is 2.73. The van der Waals surface area contributed by atoms with Gasteiger partial charge >= 0.3 is 0 Å². The minimum absolute atomic E-state index is 0.631. The van der Waals surface area contributed by atoms with Gasteiger partial charge in [-0.15, -0.1) is 0 Å². The molecule has 1 saturated heterocycles. The Labute approximate surface area is 116 Å². The van der Waals surface area contributed by atoms with Gasteiger partial charge in [-0.1, -0.05) is 6.92 Å². The van der Waals surface area contributed by atoms with Crippen molar-refractivity contribution >= 4 is 21.6 Å². The molecule has 3 rings (SSSR count). The molecule has 0 amide bonds. The van der Waals surface area contributed by atoms with Gasteiger partial charge in [0.25, 0.3) is 0 Å². The van der Waals surface area contributed by atoms with Crippen molar-refractivity contribution in [2.75, 3.05) is 19.6 Å². The second kappa shape index (κ2) is 5.02. The van der Waals surface area contributed by atoms with E-state index in [0.717, 1.165) is 10.1 Å². The number of aromatic nitrogens is 2. The Hall–Kier alpha value is -0.870. The van der Waals surface area contributed by atoms with E-state index in [1.807, 2.05) is 6.07 Å². The summed E-state index contributed by atoms with van der Waals surface area (Å²) >= 11 is 3.50. The summed E-state index contributed by atoms with van der Waals surface area (Å²) in [5.74, 6) is 0.631. The number of imidazole rings is 1. The minimum atomic E-state index is 0.631. The van der Waals surface area contributed by atoms with Crippen LogP contribution in [0.4, 0.5) is 0 Å². The zero-order valence-electron chi connectivity index (χ0n) is 10.6. The lowest BCUT2D eigenvalue weighted by Crippen LogP contribution is -2.32. The summed E-state index contributed by atoms with van der Waals surface area (Å²) in [6, 6.07) is 4.11. The maximum Gasteiger partial charge on any atom is 0.137 e. The molecule has 0 aromatic carbocycles. The summed E-state index contributed by atoms with van der Waals surface area (Å²) in [6.45, 7) is 5.82. The lowest BCUT2D eigenvalue weighted by molar-refractivity contribution is 0.221. The van der Waals surface area contributed by atoms with Crippen LogP contribution in [-0.4, -0.2) is 33.9 Å². The van der Waals surface area contributed by atoms with Crippen molar-refractivity contribution in [3.63, 3.8) is 0 Å². The highest BCUT2D eigenvalue weighted by Gasteiger charge is 2.21. The lowest BCUT2D eigenvalue weighted by atomic mass is 9.94. The highest BCUT2D eigenvalue weighted by molar-refractivity contribution is 9.10. The first kappa shape index (κ1) is 12.2. The Morgan fingerprint density at radius 2 is 2.06 bits per heavy atom. The SMILES string of the molecule is CCN1CCC(c2cn3cc(Br)ccc3n2)CC1. The van der Waals surface area contributed by atoms with E-state index in [1.54, 1.807) is 0 Å². The molecule has 4 heteroatoms. The molecule has 0 saturated carbocycles. The molecule has 0 unspecified atom stereocenters. The Morgan fingerprint density at radius 3 is 2.78 bits per heavy atom. The molecular formula is C14H18BrN3. The van der Waals surface area contributed by atoms with Crippen LogP contribution >= 0.6 is 15.9 Å². The highest BCUT2D eigenvalue weighted by atomic mass is 79.9. The predicted molar refractivity (Wildman–Crippen MR) is 77.0 cm³/mol. The van der Waals surface area contributed by atoms with Crippen LogP contribution in [-0.2, 0) is 0 Å². The van der Waals surface area contributed by atoms with Crippen LogP contribution < -0.4 is 0 Å². The molecule has 1 aliphatic heterocycles. The number of likely N-dealkylation sites (tertiary alicyclic amines) is 1. The van der Waals surface area contributed by atoms with E-state index in [2.05, 4.69) is 50.6 Å². The van der Waals surface area contributed by atoms with E-state index in [0.29, 0.717) is 5.92 Å². The van der Waals surface area contributed by atoms with Gasteiger partial charge in [0, 0.05) is 22.8 Å². The van der Waals surface area contributed by atoms with Crippen molar-refractivity contribution in [2.45, 2.75) is 25.7 Å². The van der Waals surface area contributed by atoms with E-state index in [1.165, 1.54) is 38.2 Å². The second-order valence-electron chi connectivity index (χ2n) is 4.99. The van der Waals surface area contributed by atoms with E-state index in [-0.39, 0.29) is 0 Å². The summed E-state index contributed by atoms with van der Waals surface area (Å²) in [6.07, 6.45) is 6.73. The van der Waals surface area contributed by atoms with Crippen LogP contribution in [0.3, 0.4) is 0 Å². The molecular weight excluding hydrogens is 290 g/mol. The molecule has 3 nitrogen and oxygen atoms in total. The molecule has 0 radical (unpaired) electrons. The third kappa shape index (κ3) is 2.31. The molecule has 1 aliphatic rings. The Morgan fingerprint density at radius 1 is 1.28 bits per heavy atom. The van der Waals surface area contributed by atoms with Gasteiger partial charge in [0.05, 0.1) is 5.69 Å². The standard InChI is InChI=1S/C14H18BrN3/c1-2-17-7-5-11(6-8-17)13-10-18-9-12(15)3-4-14(18)16-13/h3-4,9-11H,2,5-8H2,1H3. The van der Waals surface area contributed by atoms with E-state index < -0.39 is 0 Å². The Bertz CT molecular complexity index is 541. The first-order valence-corrected chi connectivity index (χ1v) is 7.42. The topological polar surface area (TPSA) is 20.5 Å². The minimum Gasteiger partial charge on any atom is -0.306 e. The Kier molecular flexibility index (Phi) is 3.39. The average molecular weight is 308 g/mol. The average Bonchev–Trinajstić information content (AvgIpc) is 2.81. The summed E-state index contributed by atoms with van der Waals surface area (Å²) in [5.41, 5.74) is 2.30. The molecule has 18 heavy (non-hydrogen) atoms. The fraction of sp³-hybridized carbons (Fsp3) is 0.500. The number of hydrogen-bond donors (Lipinski definition) is 0. The van der Waals surface area contributed by atoms with Crippen LogP contribution in [0.25, 0.3) is 5.65 Å². The van der Waals surface area contributed by atoms with Gasteiger partial charge in [-0.3, -0.25) is 0 Å². The summed E-state index contributed by atoms with van der Waals surface area (Å²) in [5, 5.41) is 0. The van der Waals surface area contributed by atoms with Gasteiger partial charge in [-0.2, -0.15) is 0 Å². The summed E-state index contributed by atoms with van der Waals surface area (Å²) < 4.78 is 3.21. The number of halogens is 1. The van der Waals surface area contributed by atoms with E-state index in [4.69, 9.17) is 4.98 Å². The second-order valence-corrected chi connectivity index (χ2v) is 5.90. The highest BCUT2D eigenvalue weighted by Crippen LogP contribution is 2.27. The molecule has 0 bridgehead atoms. The fourth-order valence-corrected chi connectivity index (χ4v) is 3.08. The molecule has 0 spiro atoms. The molecule has 1 fully saturated rings. The third-order valence-corrected chi connectivity index (χ3v) is 4.36. The number of hydrogen-bond acceptors (Lipinski definition) is 2. The maximum atomic E-state index is 4.75. The van der Waals surface area contributed by atoms with Crippen LogP contribution in [0.15, 0.2) is 29.0 Å². The first-order valence-electron chi connectivity index (χ1n) is 6.63. The van der Waals surface area contributed by atoms with Crippen molar-refractivity contribution in [3.05, 3.63) is 34.7 Å². The molecule has 0 atom stereocenters. The van der Waals surface area contributed by atoms with Crippen LogP contribution in [0.2, 0.25) is 0 Å². The quantitative estimate of drug-likeness (QED) is 0.848. The van der Waals surface area contributed by atoms with E-state index in [9.17, 15) is 0 Å². The van der Waals surface area contributed by atoms with Crippen molar-refractivity contribution in [1.29, 1.82) is 0 Å². The molecule has 96 valence electrons. The molecule has 0 N–H and O–H groups in total. The lowest BCUT2D eigenvalue weighted by Gasteiger charge is -2.30. The van der Waals surface area contributed by atoms with E-state index >= 15 is 0 Å². The van der Waals surface area contributed by atoms with Crippen molar-refractivity contribution in [3.8, 4) is 0 Å². The van der Waals surface area contributed by atoms with Crippen LogP contribution in [0.5, 0.6) is 0 Å². The van der Waals surface area contributed by atoms with Crippen molar-refractivity contribution in [1.82, 2.24) is 14.3 Å². The number of fused-ring (bicyclic) bond motifs is 1. The largest absolute Gasteiger partial charge is 0.306 e. The molecule has 3 heterocycles. The molecule has 2 aromatic heterocycles. The van der Waals surface area contributed by atoms with Gasteiger partial charge in [0.15, 0.2) is 0 Å². The van der Waals surface area contributed by atoms with Gasteiger partial charge in [0.1, 0.15) is 5.65 Å². The number of rotatable bonds is 2. The monoisotopic (exact) mass is 307 g/mol. The molecule has 2 aromatic rings. The van der Waals surface area contributed by atoms with Gasteiger partial charge in [-0.25, -0.2) is 4.98 Å². The molecule has 0 aliphatic carbocycles. The smallest absolute Gasteiger partial charge is 0.137 e. The first-order chi connectivity index (χ1) is 8.76. The van der Waals surface area contributed by atoms with Gasteiger partial charge in [-0.05, 0) is 60.5 Å². The van der Waals surface area contributed by atoms with Gasteiger partial charge < -0.3 is 9.30 Å². The third-order valence-electron chi connectivity index (χ3n) is 3.89. The van der Waals surface area contributed by atoms with Crippen molar-refractivity contribution in [2.24, 2.45) is 0 Å². The number of nitrogens with zero attached hydrogens (tertiary/aromatic N) is 3. The summed E-state index contributed by atoms with van der Waals surface area (Å²) in [4.78, 5) is 7.27. The summed E-state index contributed by atoms with van der Waals surface area (Å²) in [7, 11) is 0.